The van der Waals surface area contributed by atoms with Gasteiger partial charge in [0.05, 0.1) is 24.3 Å². The number of amides is 3. The first-order chi connectivity index (χ1) is 15.3. The molecule has 1 N–H and O–H groups in total. The quantitative estimate of drug-likeness (QED) is 0.744. The maximum absolute atomic E-state index is 13.6. The third kappa shape index (κ3) is 3.71. The summed E-state index contributed by atoms with van der Waals surface area (Å²) in [5.74, 6) is -0.817. The van der Waals surface area contributed by atoms with Gasteiger partial charge in [-0.25, -0.2) is 14.2 Å². The number of halogens is 1. The van der Waals surface area contributed by atoms with Crippen molar-refractivity contribution in [1.29, 1.82) is 5.26 Å². The van der Waals surface area contributed by atoms with Crippen LogP contribution in [0, 0.1) is 17.1 Å². The first kappa shape index (κ1) is 21.5. The molecule has 0 saturated heterocycles. The van der Waals surface area contributed by atoms with Crippen molar-refractivity contribution in [3.05, 3.63) is 59.2 Å². The Morgan fingerprint density at radius 3 is 2.94 bits per heavy atom. The van der Waals surface area contributed by atoms with E-state index in [4.69, 9.17) is 5.26 Å². The number of nitriles is 1. The van der Waals surface area contributed by atoms with E-state index in [9.17, 15) is 14.0 Å². The van der Waals surface area contributed by atoms with E-state index in [1.54, 1.807) is 33.8 Å². The minimum Gasteiger partial charge on any atom is -0.317 e. The average molecular weight is 437 g/mol. The van der Waals surface area contributed by atoms with E-state index in [2.05, 4.69) is 17.0 Å². The zero-order chi connectivity index (χ0) is 23.0. The number of carbonyl (C=O) groups excluding carboxylic acids is 2. The number of aromatic nitrogens is 2. The van der Waals surface area contributed by atoms with Gasteiger partial charge < -0.3 is 10.2 Å². The molecular formula is C22H24FN7O2. The lowest BCUT2D eigenvalue weighted by Crippen LogP contribution is -2.46. The second kappa shape index (κ2) is 8.43. The van der Waals surface area contributed by atoms with Crippen molar-refractivity contribution in [2.75, 3.05) is 25.5 Å². The van der Waals surface area contributed by atoms with Crippen molar-refractivity contribution in [2.45, 2.75) is 32.5 Å². The number of fused-ring (bicyclic) bond motifs is 3. The summed E-state index contributed by atoms with van der Waals surface area (Å²) < 4.78 is 15.3. The molecule has 0 fully saturated rings. The fourth-order valence-electron chi connectivity index (χ4n) is 4.16. The summed E-state index contributed by atoms with van der Waals surface area (Å²) in [5, 5.41) is 19.9. The summed E-state index contributed by atoms with van der Waals surface area (Å²) in [4.78, 5) is 27.8. The van der Waals surface area contributed by atoms with Crippen LogP contribution in [0.5, 0.6) is 0 Å². The second-order valence-corrected chi connectivity index (χ2v) is 7.94. The Balaban J connectivity index is 1.59. The molecule has 0 saturated carbocycles. The van der Waals surface area contributed by atoms with Gasteiger partial charge in [-0.3, -0.25) is 14.5 Å². The van der Waals surface area contributed by atoms with Gasteiger partial charge in [0.1, 0.15) is 17.6 Å². The van der Waals surface area contributed by atoms with Gasteiger partial charge >= 0.3 is 6.03 Å². The Morgan fingerprint density at radius 1 is 1.44 bits per heavy atom. The highest BCUT2D eigenvalue weighted by Gasteiger charge is 2.36. The Labute approximate surface area is 185 Å². The summed E-state index contributed by atoms with van der Waals surface area (Å²) in [5.41, 5.74) is 2.25. The number of hydrogen-bond acceptors (Lipinski definition) is 5. The molecular weight excluding hydrogens is 413 g/mol. The molecule has 3 heterocycles. The van der Waals surface area contributed by atoms with E-state index in [-0.39, 0.29) is 30.1 Å². The van der Waals surface area contributed by atoms with Crippen LogP contribution in [-0.4, -0.2) is 62.8 Å². The molecule has 0 radical (unpaired) electrons. The lowest BCUT2D eigenvalue weighted by atomic mass is 9.99. The Hall–Kier alpha value is -3.71. The van der Waals surface area contributed by atoms with Crippen molar-refractivity contribution < 1.29 is 14.0 Å². The van der Waals surface area contributed by atoms with Gasteiger partial charge in [-0.1, -0.05) is 6.08 Å². The van der Waals surface area contributed by atoms with Crippen LogP contribution in [0.15, 0.2) is 30.9 Å². The van der Waals surface area contributed by atoms with Gasteiger partial charge in [-0.15, -0.1) is 6.58 Å². The van der Waals surface area contributed by atoms with Crippen LogP contribution < -0.4 is 5.32 Å². The fourth-order valence-corrected chi connectivity index (χ4v) is 4.16. The van der Waals surface area contributed by atoms with Crippen molar-refractivity contribution >= 4 is 17.6 Å². The standard InChI is InChI=1S/C22H24FN7O2/c1-4-7-28-8-9-30-20(21(31)27(28)3)17-13-29(14(2)10-19(17)26-30)22(32)25-16-5-6-18(23)15(11-16)12-24/h4-6,11,14H,1,7-10,13H2,2-3H3,(H,25,32)/t14-/m1/s1. The lowest BCUT2D eigenvalue weighted by Gasteiger charge is -2.33. The van der Waals surface area contributed by atoms with Crippen molar-refractivity contribution in [2.24, 2.45) is 0 Å². The number of urea groups is 1. The summed E-state index contributed by atoms with van der Waals surface area (Å²) in [6, 6.07) is 5.08. The van der Waals surface area contributed by atoms with E-state index in [0.717, 1.165) is 17.3 Å². The highest BCUT2D eigenvalue weighted by molar-refractivity contribution is 5.95. The maximum Gasteiger partial charge on any atom is 0.322 e. The number of anilines is 1. The minimum atomic E-state index is -0.641. The van der Waals surface area contributed by atoms with E-state index in [0.29, 0.717) is 37.4 Å². The normalized spacial score (nSPS) is 18.4. The van der Waals surface area contributed by atoms with Crippen LogP contribution in [0.3, 0.4) is 0 Å². The average Bonchev–Trinajstić information content (AvgIpc) is 3.07. The molecule has 0 aliphatic carbocycles. The minimum absolute atomic E-state index is 0.142. The van der Waals surface area contributed by atoms with E-state index in [1.807, 2.05) is 11.9 Å². The molecule has 0 spiro atoms. The number of rotatable bonds is 3. The van der Waals surface area contributed by atoms with Gasteiger partial charge in [0, 0.05) is 43.9 Å². The maximum atomic E-state index is 13.6. The molecule has 166 valence electrons. The highest BCUT2D eigenvalue weighted by Crippen LogP contribution is 2.29. The molecule has 2 aliphatic rings. The van der Waals surface area contributed by atoms with Gasteiger partial charge in [-0.05, 0) is 25.1 Å². The van der Waals surface area contributed by atoms with Crippen LogP contribution in [0.4, 0.5) is 14.9 Å². The number of nitrogens with one attached hydrogen (secondary N) is 1. The number of hydrogen-bond donors (Lipinski definition) is 1. The summed E-state index contributed by atoms with van der Waals surface area (Å²) in [7, 11) is 1.72. The Bertz CT molecular complexity index is 1140. The van der Waals surface area contributed by atoms with E-state index >= 15 is 0 Å². The predicted octanol–water partition coefficient (Wildman–Crippen LogP) is 2.36. The summed E-state index contributed by atoms with van der Waals surface area (Å²) in [6.07, 6.45) is 2.26. The SMILES string of the molecule is C=CCN1CCn2nc3c(c2C(=O)N1C)CN(C(=O)Nc1ccc(F)c(C#N)c1)[C@H](C)C3. The molecule has 0 unspecified atom stereocenters. The Kier molecular flexibility index (Phi) is 5.67. The van der Waals surface area contributed by atoms with Gasteiger partial charge in [0.25, 0.3) is 5.91 Å². The number of benzene rings is 1. The van der Waals surface area contributed by atoms with Crippen molar-refractivity contribution in [3.63, 3.8) is 0 Å². The first-order valence-corrected chi connectivity index (χ1v) is 10.3. The molecule has 2 aromatic rings. The zero-order valence-electron chi connectivity index (χ0n) is 18.0. The molecule has 1 atom stereocenters. The van der Waals surface area contributed by atoms with Crippen LogP contribution in [0.2, 0.25) is 0 Å². The van der Waals surface area contributed by atoms with Gasteiger partial charge in [0.2, 0.25) is 0 Å². The number of carbonyl (C=O) groups is 2. The summed E-state index contributed by atoms with van der Waals surface area (Å²) in [6.45, 7) is 7.61. The smallest absolute Gasteiger partial charge is 0.317 e. The third-order valence-corrected chi connectivity index (χ3v) is 5.91. The highest BCUT2D eigenvalue weighted by atomic mass is 19.1. The van der Waals surface area contributed by atoms with Crippen molar-refractivity contribution in [1.82, 2.24) is 24.7 Å². The molecule has 4 rings (SSSR count). The number of hydrazine groups is 1. The zero-order valence-corrected chi connectivity index (χ0v) is 18.0. The molecule has 1 aromatic heterocycles. The molecule has 0 bridgehead atoms. The molecule has 32 heavy (non-hydrogen) atoms. The van der Waals surface area contributed by atoms with Gasteiger partial charge in [0.15, 0.2) is 0 Å². The molecule has 10 heteroatoms. The molecule has 9 nitrogen and oxygen atoms in total. The third-order valence-electron chi connectivity index (χ3n) is 5.91. The van der Waals surface area contributed by atoms with E-state index in [1.165, 1.54) is 12.1 Å². The van der Waals surface area contributed by atoms with Crippen LogP contribution in [-0.2, 0) is 19.5 Å². The largest absolute Gasteiger partial charge is 0.322 e. The van der Waals surface area contributed by atoms with Gasteiger partial charge in [-0.2, -0.15) is 10.4 Å². The molecule has 2 aliphatic heterocycles. The first-order valence-electron chi connectivity index (χ1n) is 10.3. The van der Waals surface area contributed by atoms with E-state index < -0.39 is 5.82 Å². The predicted molar refractivity (Wildman–Crippen MR) is 115 cm³/mol. The molecule has 3 amide bonds. The molecule has 1 aromatic carbocycles. The second-order valence-electron chi connectivity index (χ2n) is 7.94. The lowest BCUT2D eigenvalue weighted by molar-refractivity contribution is 0.0153. The fraction of sp³-hybridized carbons (Fsp3) is 0.364. The van der Waals surface area contributed by atoms with Crippen LogP contribution in [0.1, 0.15) is 34.2 Å². The van der Waals surface area contributed by atoms with Crippen LogP contribution in [0.25, 0.3) is 0 Å². The monoisotopic (exact) mass is 437 g/mol. The summed E-state index contributed by atoms with van der Waals surface area (Å²) >= 11 is 0. The Morgan fingerprint density at radius 2 is 2.22 bits per heavy atom. The van der Waals surface area contributed by atoms with Crippen LogP contribution >= 0.6 is 0 Å². The topological polar surface area (TPSA) is 97.5 Å². The van der Waals surface area contributed by atoms with Crippen molar-refractivity contribution in [3.8, 4) is 6.07 Å². The number of nitrogens with zero attached hydrogens (tertiary/aromatic N) is 6.